The summed E-state index contributed by atoms with van der Waals surface area (Å²) < 4.78 is 27.9. The molecule has 0 atom stereocenters. The van der Waals surface area contributed by atoms with Gasteiger partial charge in [0.1, 0.15) is 0 Å². The van der Waals surface area contributed by atoms with Gasteiger partial charge >= 0.3 is 0 Å². The second kappa shape index (κ2) is 8.44. The highest BCUT2D eigenvalue weighted by molar-refractivity contribution is 7.89. The van der Waals surface area contributed by atoms with Gasteiger partial charge in [-0.3, -0.25) is 14.9 Å². The third kappa shape index (κ3) is 4.42. The van der Waals surface area contributed by atoms with Crippen molar-refractivity contribution in [2.24, 2.45) is 0 Å². The summed E-state index contributed by atoms with van der Waals surface area (Å²) >= 11 is 0. The smallest absolute Gasteiger partial charge is 0.269 e. The predicted molar refractivity (Wildman–Crippen MR) is 116 cm³/mol. The van der Waals surface area contributed by atoms with Gasteiger partial charge < -0.3 is 4.90 Å². The van der Waals surface area contributed by atoms with Crippen molar-refractivity contribution in [1.29, 1.82) is 0 Å². The lowest BCUT2D eigenvalue weighted by Crippen LogP contribution is -2.46. The molecule has 160 valence electrons. The van der Waals surface area contributed by atoms with Crippen molar-refractivity contribution in [3.05, 3.63) is 82.4 Å². The molecule has 0 aromatic heterocycles. The summed E-state index contributed by atoms with van der Waals surface area (Å²) in [4.78, 5) is 24.9. The van der Waals surface area contributed by atoms with Crippen molar-refractivity contribution in [3.63, 3.8) is 0 Å². The Morgan fingerprint density at radius 1 is 0.968 bits per heavy atom. The van der Waals surface area contributed by atoms with Crippen molar-refractivity contribution in [3.8, 4) is 0 Å². The Morgan fingerprint density at radius 2 is 1.61 bits per heavy atom. The standard InChI is InChI=1S/C22H21N3O5S/c26-22(21-7-3-5-16-4-1-2-6-20(16)21)24-14-12-17(13-15-24)23-31(29,30)19-10-8-18(9-11-19)25(27)28/h1-11,17,23H,12-15H2. The van der Waals surface area contributed by atoms with E-state index >= 15 is 0 Å². The van der Waals surface area contributed by atoms with Gasteiger partial charge in [0.15, 0.2) is 0 Å². The molecular weight excluding hydrogens is 418 g/mol. The Hall–Kier alpha value is -3.30. The van der Waals surface area contributed by atoms with Gasteiger partial charge in [0.2, 0.25) is 10.0 Å². The number of carbonyl (C=O) groups excluding carboxylic acids is 1. The van der Waals surface area contributed by atoms with Gasteiger partial charge in [-0.25, -0.2) is 13.1 Å². The van der Waals surface area contributed by atoms with Gasteiger partial charge in [-0.1, -0.05) is 36.4 Å². The van der Waals surface area contributed by atoms with Crippen molar-refractivity contribution in [1.82, 2.24) is 9.62 Å². The number of fused-ring (bicyclic) bond motifs is 1. The van der Waals surface area contributed by atoms with Crippen LogP contribution in [-0.2, 0) is 10.0 Å². The fourth-order valence-corrected chi connectivity index (χ4v) is 5.12. The Labute approximate surface area is 179 Å². The van der Waals surface area contributed by atoms with Crippen LogP contribution in [0, 0.1) is 10.1 Å². The van der Waals surface area contributed by atoms with Gasteiger partial charge in [-0.15, -0.1) is 0 Å². The highest BCUT2D eigenvalue weighted by Gasteiger charge is 2.28. The van der Waals surface area contributed by atoms with E-state index in [0.717, 1.165) is 10.8 Å². The minimum Gasteiger partial charge on any atom is -0.339 e. The van der Waals surface area contributed by atoms with E-state index in [-0.39, 0.29) is 22.5 Å². The number of amides is 1. The van der Waals surface area contributed by atoms with Gasteiger partial charge in [-0.2, -0.15) is 0 Å². The first-order valence-electron chi connectivity index (χ1n) is 9.89. The van der Waals surface area contributed by atoms with E-state index in [1.165, 1.54) is 24.3 Å². The maximum atomic E-state index is 13.0. The number of sulfonamides is 1. The molecule has 8 nitrogen and oxygen atoms in total. The van der Waals surface area contributed by atoms with E-state index in [0.29, 0.717) is 31.5 Å². The molecule has 4 rings (SSSR count). The van der Waals surface area contributed by atoms with Crippen LogP contribution >= 0.6 is 0 Å². The molecule has 1 N–H and O–H groups in total. The largest absolute Gasteiger partial charge is 0.339 e. The first kappa shape index (κ1) is 21.0. The molecular formula is C22H21N3O5S. The summed E-state index contributed by atoms with van der Waals surface area (Å²) in [6.45, 7) is 0.880. The monoisotopic (exact) mass is 439 g/mol. The Kier molecular flexibility index (Phi) is 5.71. The number of rotatable bonds is 5. The van der Waals surface area contributed by atoms with E-state index in [1.54, 1.807) is 4.90 Å². The van der Waals surface area contributed by atoms with Crippen LogP contribution in [0.1, 0.15) is 23.2 Å². The first-order valence-corrected chi connectivity index (χ1v) is 11.4. The van der Waals surface area contributed by atoms with Crippen molar-refractivity contribution < 1.29 is 18.1 Å². The fraction of sp³-hybridized carbons (Fsp3) is 0.227. The van der Waals surface area contributed by atoms with E-state index in [1.807, 2.05) is 42.5 Å². The maximum absolute atomic E-state index is 13.0. The van der Waals surface area contributed by atoms with Crippen LogP contribution in [0.15, 0.2) is 71.6 Å². The minimum absolute atomic E-state index is 0.0210. The number of piperidine rings is 1. The van der Waals surface area contributed by atoms with Crippen LogP contribution in [0.2, 0.25) is 0 Å². The zero-order chi connectivity index (χ0) is 22.0. The fourth-order valence-electron chi connectivity index (χ4n) is 3.82. The van der Waals surface area contributed by atoms with Gasteiger partial charge in [-0.05, 0) is 41.8 Å². The zero-order valence-electron chi connectivity index (χ0n) is 16.6. The third-order valence-corrected chi connectivity index (χ3v) is 7.02. The normalized spacial score (nSPS) is 15.2. The molecule has 0 unspecified atom stereocenters. The second-order valence-electron chi connectivity index (χ2n) is 7.47. The molecule has 1 saturated heterocycles. The molecule has 1 amide bonds. The lowest BCUT2D eigenvalue weighted by atomic mass is 10.0. The lowest BCUT2D eigenvalue weighted by molar-refractivity contribution is -0.384. The molecule has 3 aromatic rings. The number of hydrogen-bond donors (Lipinski definition) is 1. The molecule has 0 bridgehead atoms. The van der Waals surface area contributed by atoms with Crippen LogP contribution in [0.4, 0.5) is 5.69 Å². The van der Waals surface area contributed by atoms with Gasteiger partial charge in [0, 0.05) is 36.8 Å². The van der Waals surface area contributed by atoms with Gasteiger partial charge in [0.05, 0.1) is 9.82 Å². The van der Waals surface area contributed by atoms with Crippen LogP contribution in [0.25, 0.3) is 10.8 Å². The molecule has 3 aromatic carbocycles. The summed E-state index contributed by atoms with van der Waals surface area (Å²) in [5, 5.41) is 12.6. The molecule has 1 fully saturated rings. The van der Waals surface area contributed by atoms with Crippen molar-refractivity contribution in [2.75, 3.05) is 13.1 Å². The molecule has 31 heavy (non-hydrogen) atoms. The number of hydrogen-bond acceptors (Lipinski definition) is 5. The molecule has 1 heterocycles. The minimum atomic E-state index is -3.80. The first-order chi connectivity index (χ1) is 14.8. The Bertz CT molecular complexity index is 1230. The quantitative estimate of drug-likeness (QED) is 0.484. The lowest BCUT2D eigenvalue weighted by Gasteiger charge is -2.32. The highest BCUT2D eigenvalue weighted by Crippen LogP contribution is 2.23. The average molecular weight is 439 g/mol. The number of nitrogens with one attached hydrogen (secondary N) is 1. The number of nitro benzene ring substituents is 1. The predicted octanol–water partition coefficient (Wildman–Crippen LogP) is 3.33. The summed E-state index contributed by atoms with van der Waals surface area (Å²) in [7, 11) is -3.80. The number of benzene rings is 3. The number of nitro groups is 1. The third-order valence-electron chi connectivity index (χ3n) is 5.48. The summed E-state index contributed by atoms with van der Waals surface area (Å²) in [5.74, 6) is -0.0616. The van der Waals surface area contributed by atoms with Crippen LogP contribution in [-0.4, -0.2) is 43.3 Å². The van der Waals surface area contributed by atoms with Gasteiger partial charge in [0.25, 0.3) is 11.6 Å². The summed E-state index contributed by atoms with van der Waals surface area (Å²) in [6.07, 6.45) is 0.978. The topological polar surface area (TPSA) is 110 Å². The molecule has 1 aliphatic heterocycles. The van der Waals surface area contributed by atoms with E-state index in [2.05, 4.69) is 4.72 Å². The molecule has 0 spiro atoms. The number of carbonyl (C=O) groups is 1. The molecule has 0 saturated carbocycles. The Morgan fingerprint density at radius 3 is 2.29 bits per heavy atom. The molecule has 0 radical (unpaired) electrons. The number of nitrogens with zero attached hydrogens (tertiary/aromatic N) is 2. The maximum Gasteiger partial charge on any atom is 0.269 e. The molecule has 0 aliphatic carbocycles. The van der Waals surface area contributed by atoms with Crippen LogP contribution in [0.3, 0.4) is 0 Å². The van der Waals surface area contributed by atoms with E-state index in [9.17, 15) is 23.3 Å². The summed E-state index contributed by atoms with van der Waals surface area (Å²) in [6, 6.07) is 17.8. The van der Waals surface area contributed by atoms with Crippen LogP contribution < -0.4 is 4.72 Å². The Balaban J connectivity index is 1.41. The number of likely N-dealkylation sites (tertiary alicyclic amines) is 1. The average Bonchev–Trinajstić information content (AvgIpc) is 2.78. The van der Waals surface area contributed by atoms with Crippen molar-refractivity contribution >= 4 is 32.4 Å². The van der Waals surface area contributed by atoms with Crippen LogP contribution in [0.5, 0.6) is 0 Å². The van der Waals surface area contributed by atoms with E-state index < -0.39 is 14.9 Å². The van der Waals surface area contributed by atoms with Crippen molar-refractivity contribution in [2.45, 2.75) is 23.8 Å². The summed E-state index contributed by atoms with van der Waals surface area (Å²) in [5.41, 5.74) is 0.474. The molecule has 9 heteroatoms. The van der Waals surface area contributed by atoms with E-state index in [4.69, 9.17) is 0 Å². The molecule has 1 aliphatic rings. The SMILES string of the molecule is O=C(c1cccc2ccccc12)N1CCC(NS(=O)(=O)c2ccc([N+](=O)[O-])cc2)CC1. The highest BCUT2D eigenvalue weighted by atomic mass is 32.2. The second-order valence-corrected chi connectivity index (χ2v) is 9.18. The zero-order valence-corrected chi connectivity index (χ0v) is 17.4. The number of non-ortho nitro benzene ring substituents is 1.